The van der Waals surface area contributed by atoms with E-state index in [1.807, 2.05) is 0 Å². The van der Waals surface area contributed by atoms with Crippen molar-refractivity contribution in [2.45, 2.75) is 23.9 Å². The lowest BCUT2D eigenvalue weighted by Gasteiger charge is -2.36. The van der Waals surface area contributed by atoms with Gasteiger partial charge in [-0.3, -0.25) is 19.3 Å². The standard InChI is InChI=1S/C19H16ClF3N2O5/c1-2-3-30-16(28)13-12(15(26)27)11-6-18(22,23)7-25(11)19(13)9-4-8(20)5-10(21)14(9)24-17(19)29/h2,4-5,11-13H,1,3,6-7H2,(H,24,29)(H,26,27)/t11-,12+,13-,19+/m0/s1. The Morgan fingerprint density at radius 2 is 2.13 bits per heavy atom. The van der Waals surface area contributed by atoms with E-state index in [0.717, 1.165) is 11.0 Å². The van der Waals surface area contributed by atoms with E-state index in [1.165, 1.54) is 12.1 Å². The van der Waals surface area contributed by atoms with Crippen LogP contribution in [-0.4, -0.2) is 53.0 Å². The summed E-state index contributed by atoms with van der Waals surface area (Å²) in [6, 6.07) is 0.755. The van der Waals surface area contributed by atoms with Crippen LogP contribution in [0.15, 0.2) is 24.8 Å². The molecule has 1 spiro atoms. The Bertz CT molecular complexity index is 987. The summed E-state index contributed by atoms with van der Waals surface area (Å²) in [6.45, 7) is 2.14. The molecule has 0 saturated carbocycles. The molecule has 3 aliphatic rings. The van der Waals surface area contributed by atoms with Gasteiger partial charge in [-0.15, -0.1) is 0 Å². The molecule has 0 unspecified atom stereocenters. The number of hydrogen-bond acceptors (Lipinski definition) is 5. The van der Waals surface area contributed by atoms with Crippen molar-refractivity contribution < 1.29 is 37.4 Å². The molecule has 2 fully saturated rings. The number of nitrogens with zero attached hydrogens (tertiary/aromatic N) is 1. The summed E-state index contributed by atoms with van der Waals surface area (Å²) in [5, 5.41) is 12.0. The van der Waals surface area contributed by atoms with E-state index in [0.29, 0.717) is 0 Å². The van der Waals surface area contributed by atoms with Gasteiger partial charge >= 0.3 is 11.9 Å². The Labute approximate surface area is 173 Å². The number of rotatable bonds is 4. The first-order valence-electron chi connectivity index (χ1n) is 9.00. The fraction of sp³-hybridized carbons (Fsp3) is 0.421. The fourth-order valence-corrected chi connectivity index (χ4v) is 5.20. The van der Waals surface area contributed by atoms with Crippen LogP contribution in [0.1, 0.15) is 12.0 Å². The minimum atomic E-state index is -3.30. The molecule has 11 heteroatoms. The van der Waals surface area contributed by atoms with Crippen LogP contribution in [0.3, 0.4) is 0 Å². The minimum absolute atomic E-state index is 0.137. The SMILES string of the molecule is C=CCOC(=O)[C@@H]1[C@H](C(=O)O)[C@@H]2CC(F)(F)CN2[C@@]12C(=O)Nc1c(F)cc(Cl)cc12. The Balaban J connectivity index is 1.99. The molecular weight excluding hydrogens is 429 g/mol. The number of alkyl halides is 2. The largest absolute Gasteiger partial charge is 0.481 e. The van der Waals surface area contributed by atoms with E-state index in [4.69, 9.17) is 16.3 Å². The van der Waals surface area contributed by atoms with Gasteiger partial charge in [-0.25, -0.2) is 13.2 Å². The summed E-state index contributed by atoms with van der Waals surface area (Å²) in [5.74, 6) is -11.2. The summed E-state index contributed by atoms with van der Waals surface area (Å²) in [4.78, 5) is 39.2. The van der Waals surface area contributed by atoms with Crippen LogP contribution in [0.25, 0.3) is 0 Å². The zero-order valence-electron chi connectivity index (χ0n) is 15.3. The highest BCUT2D eigenvalue weighted by Gasteiger charge is 2.75. The highest BCUT2D eigenvalue weighted by atomic mass is 35.5. The van der Waals surface area contributed by atoms with Crippen molar-refractivity contribution >= 4 is 35.1 Å². The number of amides is 1. The molecule has 2 saturated heterocycles. The highest BCUT2D eigenvalue weighted by Crippen LogP contribution is 2.60. The number of ether oxygens (including phenoxy) is 1. The Morgan fingerprint density at radius 3 is 2.77 bits per heavy atom. The summed E-state index contributed by atoms with van der Waals surface area (Å²) in [6.07, 6.45) is 0.367. The topological polar surface area (TPSA) is 95.9 Å². The molecule has 0 aliphatic carbocycles. The molecular formula is C19H16ClF3N2O5. The van der Waals surface area contributed by atoms with Crippen LogP contribution in [-0.2, 0) is 24.7 Å². The highest BCUT2D eigenvalue weighted by molar-refractivity contribution is 6.31. The number of benzene rings is 1. The molecule has 1 aromatic rings. The van der Waals surface area contributed by atoms with Crippen LogP contribution >= 0.6 is 11.6 Å². The van der Waals surface area contributed by atoms with E-state index >= 15 is 0 Å². The van der Waals surface area contributed by atoms with Crippen molar-refractivity contribution in [2.75, 3.05) is 18.5 Å². The number of halogens is 4. The lowest BCUT2D eigenvalue weighted by atomic mass is 9.74. The first-order valence-corrected chi connectivity index (χ1v) is 9.38. The van der Waals surface area contributed by atoms with Gasteiger partial charge in [0.25, 0.3) is 11.8 Å². The van der Waals surface area contributed by atoms with Crippen LogP contribution in [0.5, 0.6) is 0 Å². The summed E-state index contributed by atoms with van der Waals surface area (Å²) >= 11 is 5.96. The number of carboxylic acids is 1. The molecule has 3 aliphatic heterocycles. The lowest BCUT2D eigenvalue weighted by molar-refractivity contribution is -0.161. The first-order chi connectivity index (χ1) is 14.0. The minimum Gasteiger partial charge on any atom is -0.481 e. The van der Waals surface area contributed by atoms with E-state index < -0.39 is 66.0 Å². The Morgan fingerprint density at radius 1 is 1.43 bits per heavy atom. The van der Waals surface area contributed by atoms with Crippen molar-refractivity contribution in [1.29, 1.82) is 0 Å². The lowest BCUT2D eigenvalue weighted by Crippen LogP contribution is -2.54. The van der Waals surface area contributed by atoms with Gasteiger partial charge in [0, 0.05) is 23.0 Å². The average molecular weight is 445 g/mol. The van der Waals surface area contributed by atoms with Crippen LogP contribution in [0, 0.1) is 17.7 Å². The van der Waals surface area contributed by atoms with Gasteiger partial charge in [0.05, 0.1) is 18.2 Å². The molecule has 2 N–H and O–H groups in total. The maximum Gasteiger partial charge on any atom is 0.313 e. The molecule has 7 nitrogen and oxygen atoms in total. The number of fused-ring (bicyclic) bond motifs is 4. The zero-order chi connectivity index (χ0) is 22.0. The van der Waals surface area contributed by atoms with Crippen LogP contribution in [0.2, 0.25) is 5.02 Å². The quantitative estimate of drug-likeness (QED) is 0.547. The van der Waals surface area contributed by atoms with Gasteiger partial charge in [0.2, 0.25) is 0 Å². The number of anilines is 1. The molecule has 0 bridgehead atoms. The fourth-order valence-electron chi connectivity index (χ4n) is 5.00. The second kappa shape index (κ2) is 6.71. The van der Waals surface area contributed by atoms with Gasteiger partial charge < -0.3 is 15.2 Å². The maximum absolute atomic E-state index is 14.5. The molecule has 3 heterocycles. The third kappa shape index (κ3) is 2.66. The number of carbonyl (C=O) groups is 3. The van der Waals surface area contributed by atoms with Crippen molar-refractivity contribution in [2.24, 2.45) is 11.8 Å². The predicted molar refractivity (Wildman–Crippen MR) is 97.5 cm³/mol. The third-order valence-electron chi connectivity index (χ3n) is 5.92. The van der Waals surface area contributed by atoms with Gasteiger partial charge in [-0.2, -0.15) is 0 Å². The summed E-state index contributed by atoms with van der Waals surface area (Å²) in [7, 11) is 0. The molecule has 4 rings (SSSR count). The van der Waals surface area contributed by atoms with Crippen molar-refractivity contribution in [1.82, 2.24) is 4.90 Å². The number of hydrogen-bond donors (Lipinski definition) is 2. The van der Waals surface area contributed by atoms with Gasteiger partial charge in [-0.1, -0.05) is 24.3 Å². The first kappa shape index (κ1) is 20.7. The normalized spacial score (nSPS) is 31.3. The number of esters is 1. The van der Waals surface area contributed by atoms with E-state index in [9.17, 15) is 32.7 Å². The maximum atomic E-state index is 14.5. The molecule has 0 radical (unpaired) electrons. The molecule has 4 atom stereocenters. The number of carbonyl (C=O) groups excluding carboxylic acids is 2. The average Bonchev–Trinajstić information content (AvgIpc) is 3.20. The van der Waals surface area contributed by atoms with Gasteiger partial charge in [0.1, 0.15) is 23.9 Å². The second-order valence-corrected chi connectivity index (χ2v) is 7.98. The molecule has 160 valence electrons. The van der Waals surface area contributed by atoms with Crippen molar-refractivity contribution in [3.63, 3.8) is 0 Å². The van der Waals surface area contributed by atoms with E-state index in [1.54, 1.807) is 0 Å². The zero-order valence-corrected chi connectivity index (χ0v) is 16.1. The summed E-state index contributed by atoms with van der Waals surface area (Å²) in [5.41, 5.74) is -2.69. The van der Waals surface area contributed by atoms with Crippen molar-refractivity contribution in [3.05, 3.63) is 41.2 Å². The smallest absolute Gasteiger partial charge is 0.313 e. The number of carboxylic acid groups (broad SMARTS) is 1. The number of nitrogens with one attached hydrogen (secondary N) is 1. The Hall–Kier alpha value is -2.59. The molecule has 30 heavy (non-hydrogen) atoms. The molecule has 1 aromatic carbocycles. The van der Waals surface area contributed by atoms with Gasteiger partial charge in [-0.05, 0) is 12.1 Å². The van der Waals surface area contributed by atoms with E-state index in [2.05, 4.69) is 11.9 Å². The predicted octanol–water partition coefficient (Wildman–Crippen LogP) is 2.40. The second-order valence-electron chi connectivity index (χ2n) is 7.55. The van der Waals surface area contributed by atoms with Crippen LogP contribution < -0.4 is 5.32 Å². The van der Waals surface area contributed by atoms with Crippen molar-refractivity contribution in [3.8, 4) is 0 Å². The van der Waals surface area contributed by atoms with Crippen LogP contribution in [0.4, 0.5) is 18.9 Å². The monoisotopic (exact) mass is 444 g/mol. The van der Waals surface area contributed by atoms with E-state index in [-0.39, 0.29) is 22.9 Å². The third-order valence-corrected chi connectivity index (χ3v) is 6.14. The molecule has 1 amide bonds. The number of aliphatic carboxylic acids is 1. The molecule has 0 aromatic heterocycles. The van der Waals surface area contributed by atoms with Gasteiger partial charge in [0.15, 0.2) is 0 Å². The Kier molecular flexibility index (Phi) is 4.62. The summed E-state index contributed by atoms with van der Waals surface area (Å²) < 4.78 is 48.2.